The van der Waals surface area contributed by atoms with Crippen LogP contribution in [0, 0.1) is 22.7 Å². The van der Waals surface area contributed by atoms with Crippen molar-refractivity contribution in [1.82, 2.24) is 0 Å². The molecule has 2 aromatic carbocycles. The van der Waals surface area contributed by atoms with Crippen LogP contribution in [0.5, 0.6) is 0 Å². The van der Waals surface area contributed by atoms with Crippen LogP contribution in [0.2, 0.25) is 0 Å². The van der Waals surface area contributed by atoms with E-state index < -0.39 is 0 Å². The molecule has 0 saturated carbocycles. The molecular formula is C22H19N3. The SMILES string of the molecule is N#C/C(=C\c1cc2c3c(c1)CCCN3CCC2)c1ccc(C#N)cc1. The number of anilines is 1. The van der Waals surface area contributed by atoms with E-state index in [0.29, 0.717) is 11.1 Å². The first-order valence-electron chi connectivity index (χ1n) is 8.81. The van der Waals surface area contributed by atoms with Crippen LogP contribution in [-0.4, -0.2) is 13.1 Å². The molecule has 3 heteroatoms. The largest absolute Gasteiger partial charge is 0.371 e. The van der Waals surface area contributed by atoms with Crippen molar-refractivity contribution in [2.24, 2.45) is 0 Å². The Labute approximate surface area is 148 Å². The topological polar surface area (TPSA) is 50.8 Å². The summed E-state index contributed by atoms with van der Waals surface area (Å²) in [4.78, 5) is 2.52. The standard InChI is InChI=1S/C22H19N3/c23-14-16-5-7-18(8-6-16)21(15-24)13-17-11-19-3-1-9-25-10-2-4-20(12-17)22(19)25/h5-8,11-13H,1-4,9-10H2/b21-13+. The summed E-state index contributed by atoms with van der Waals surface area (Å²) in [6.45, 7) is 2.34. The maximum absolute atomic E-state index is 9.59. The molecule has 0 N–H and O–H groups in total. The van der Waals surface area contributed by atoms with E-state index in [0.717, 1.165) is 24.0 Å². The van der Waals surface area contributed by atoms with Gasteiger partial charge < -0.3 is 4.90 Å². The predicted molar refractivity (Wildman–Crippen MR) is 99.9 cm³/mol. The zero-order chi connectivity index (χ0) is 17.2. The molecule has 3 nitrogen and oxygen atoms in total. The number of nitriles is 2. The lowest BCUT2D eigenvalue weighted by Gasteiger charge is -2.37. The van der Waals surface area contributed by atoms with Crippen LogP contribution in [0.4, 0.5) is 5.69 Å². The van der Waals surface area contributed by atoms with E-state index >= 15 is 0 Å². The van der Waals surface area contributed by atoms with Crippen molar-refractivity contribution in [1.29, 1.82) is 10.5 Å². The first kappa shape index (κ1) is 15.5. The molecule has 2 aromatic rings. The molecule has 2 aliphatic heterocycles. The number of rotatable bonds is 2. The Morgan fingerprint density at radius 3 is 2.16 bits per heavy atom. The molecule has 0 bridgehead atoms. The van der Waals surface area contributed by atoms with Crippen molar-refractivity contribution < 1.29 is 0 Å². The summed E-state index contributed by atoms with van der Waals surface area (Å²) in [5.74, 6) is 0. The molecule has 4 rings (SSSR count). The molecule has 0 radical (unpaired) electrons. The Kier molecular flexibility index (Phi) is 4.00. The predicted octanol–water partition coefficient (Wildman–Crippen LogP) is 4.32. The third-order valence-electron chi connectivity index (χ3n) is 5.11. The van der Waals surface area contributed by atoms with E-state index in [1.54, 1.807) is 12.1 Å². The number of nitrogens with zero attached hydrogens (tertiary/aromatic N) is 3. The fourth-order valence-corrected chi connectivity index (χ4v) is 3.98. The van der Waals surface area contributed by atoms with Gasteiger partial charge in [-0.25, -0.2) is 0 Å². The molecule has 0 spiro atoms. The molecule has 2 heterocycles. The van der Waals surface area contributed by atoms with Gasteiger partial charge in [0.1, 0.15) is 0 Å². The lowest BCUT2D eigenvalue weighted by Crippen LogP contribution is -2.34. The number of aryl methyl sites for hydroxylation is 2. The van der Waals surface area contributed by atoms with Gasteiger partial charge in [0, 0.05) is 18.8 Å². The molecule has 0 aliphatic carbocycles. The van der Waals surface area contributed by atoms with Crippen molar-refractivity contribution in [3.63, 3.8) is 0 Å². The molecule has 122 valence electrons. The molecule has 0 saturated heterocycles. The van der Waals surface area contributed by atoms with Gasteiger partial charge in [0.25, 0.3) is 0 Å². The number of allylic oxidation sites excluding steroid dienone is 1. The third kappa shape index (κ3) is 2.90. The van der Waals surface area contributed by atoms with Crippen LogP contribution in [0.1, 0.15) is 40.7 Å². The molecule has 0 amide bonds. The summed E-state index contributed by atoms with van der Waals surface area (Å²) in [6.07, 6.45) is 6.64. The average molecular weight is 325 g/mol. The summed E-state index contributed by atoms with van der Waals surface area (Å²) in [7, 11) is 0. The van der Waals surface area contributed by atoms with E-state index in [1.165, 1.54) is 42.7 Å². The van der Waals surface area contributed by atoms with Crippen molar-refractivity contribution >= 4 is 17.3 Å². The smallest absolute Gasteiger partial charge is 0.0998 e. The van der Waals surface area contributed by atoms with Gasteiger partial charge in [0.05, 0.1) is 23.3 Å². The molecule has 25 heavy (non-hydrogen) atoms. The van der Waals surface area contributed by atoms with Crippen LogP contribution in [-0.2, 0) is 12.8 Å². The van der Waals surface area contributed by atoms with E-state index in [2.05, 4.69) is 29.2 Å². The maximum Gasteiger partial charge on any atom is 0.0998 e. The fourth-order valence-electron chi connectivity index (χ4n) is 3.98. The molecule has 0 fully saturated rings. The molecule has 0 aromatic heterocycles. The average Bonchev–Trinajstić information content (AvgIpc) is 2.67. The zero-order valence-electron chi connectivity index (χ0n) is 14.1. The van der Waals surface area contributed by atoms with Gasteiger partial charge in [0.15, 0.2) is 0 Å². The van der Waals surface area contributed by atoms with Crippen LogP contribution >= 0.6 is 0 Å². The minimum atomic E-state index is 0.610. The van der Waals surface area contributed by atoms with Crippen LogP contribution < -0.4 is 4.90 Å². The quantitative estimate of drug-likeness (QED) is 0.610. The highest BCUT2D eigenvalue weighted by atomic mass is 15.1. The first-order chi connectivity index (χ1) is 12.3. The summed E-state index contributed by atoms with van der Waals surface area (Å²) in [5, 5.41) is 18.5. The second-order valence-corrected chi connectivity index (χ2v) is 6.74. The monoisotopic (exact) mass is 325 g/mol. The van der Waals surface area contributed by atoms with Crippen molar-refractivity contribution in [2.75, 3.05) is 18.0 Å². The summed E-state index contributed by atoms with van der Waals surface area (Å²) < 4.78 is 0. The van der Waals surface area contributed by atoms with Crippen LogP contribution in [0.25, 0.3) is 11.6 Å². The number of benzene rings is 2. The van der Waals surface area contributed by atoms with Gasteiger partial charge in [0.2, 0.25) is 0 Å². The normalized spacial score (nSPS) is 15.9. The lowest BCUT2D eigenvalue weighted by atomic mass is 9.89. The van der Waals surface area contributed by atoms with E-state index in [4.69, 9.17) is 5.26 Å². The van der Waals surface area contributed by atoms with Crippen molar-refractivity contribution in [2.45, 2.75) is 25.7 Å². The van der Waals surface area contributed by atoms with Gasteiger partial charge in [-0.1, -0.05) is 12.1 Å². The van der Waals surface area contributed by atoms with Gasteiger partial charge in [-0.15, -0.1) is 0 Å². The van der Waals surface area contributed by atoms with Crippen molar-refractivity contribution in [3.8, 4) is 12.1 Å². The van der Waals surface area contributed by atoms with Gasteiger partial charge in [-0.3, -0.25) is 0 Å². The molecule has 0 atom stereocenters. The second kappa shape index (κ2) is 6.46. The number of hydrogen-bond donors (Lipinski definition) is 0. The molecule has 2 aliphatic rings. The maximum atomic E-state index is 9.59. The van der Waals surface area contributed by atoms with E-state index in [1.807, 2.05) is 18.2 Å². The van der Waals surface area contributed by atoms with E-state index in [-0.39, 0.29) is 0 Å². The van der Waals surface area contributed by atoms with Crippen LogP contribution in [0.3, 0.4) is 0 Å². The minimum Gasteiger partial charge on any atom is -0.371 e. The highest BCUT2D eigenvalue weighted by Crippen LogP contribution is 2.36. The second-order valence-electron chi connectivity index (χ2n) is 6.74. The highest BCUT2D eigenvalue weighted by Gasteiger charge is 2.23. The van der Waals surface area contributed by atoms with Gasteiger partial charge in [-0.2, -0.15) is 10.5 Å². The highest BCUT2D eigenvalue weighted by molar-refractivity contribution is 5.90. The van der Waals surface area contributed by atoms with Gasteiger partial charge >= 0.3 is 0 Å². The minimum absolute atomic E-state index is 0.610. The zero-order valence-corrected chi connectivity index (χ0v) is 14.1. The Balaban J connectivity index is 1.75. The summed E-state index contributed by atoms with van der Waals surface area (Å²) in [5.41, 5.74) is 7.51. The third-order valence-corrected chi connectivity index (χ3v) is 5.11. The Morgan fingerprint density at radius 1 is 0.960 bits per heavy atom. The van der Waals surface area contributed by atoms with E-state index in [9.17, 15) is 5.26 Å². The van der Waals surface area contributed by atoms with Gasteiger partial charge in [-0.05, 0) is 78.3 Å². The Hall–Kier alpha value is -3.04. The summed E-state index contributed by atoms with van der Waals surface area (Å²) >= 11 is 0. The molecule has 0 unspecified atom stereocenters. The van der Waals surface area contributed by atoms with Crippen LogP contribution in [0.15, 0.2) is 36.4 Å². The molecular weight excluding hydrogens is 306 g/mol. The van der Waals surface area contributed by atoms with Crippen molar-refractivity contribution in [3.05, 3.63) is 64.2 Å². The number of hydrogen-bond acceptors (Lipinski definition) is 3. The summed E-state index contributed by atoms with van der Waals surface area (Å²) in [6, 6.07) is 16.1. The Morgan fingerprint density at radius 2 is 1.60 bits per heavy atom. The lowest BCUT2D eigenvalue weighted by molar-refractivity contribution is 0.634. The Bertz CT molecular complexity index is 892. The first-order valence-corrected chi connectivity index (χ1v) is 8.81. The fraction of sp³-hybridized carbons (Fsp3) is 0.273.